The summed E-state index contributed by atoms with van der Waals surface area (Å²) in [6.45, 7) is 0. The van der Waals surface area contributed by atoms with Crippen molar-refractivity contribution in [2.75, 3.05) is 0 Å². The van der Waals surface area contributed by atoms with Crippen LogP contribution in [0.4, 0.5) is 0 Å². The standard InChI is InChI=1S/C48H30O/c1-3-16-31(17-4-1)35-28-15-29-42-46(48(49-47(35)42)43-30-33-20-7-8-21-34(33)36-22-9-10-23-37(36)43)45-40-26-13-11-24-38(40)44(32-18-5-2-6-19-32)39-25-12-14-27-41(39)45/h1-30H/i7D,8D,9D,10D,11D,12D,13D,14D,20D,21D,22D,23D,24D,25D,26D,27D,30D. The minimum atomic E-state index is -0.734. The maximum absolute atomic E-state index is 9.95. The van der Waals surface area contributed by atoms with Gasteiger partial charge < -0.3 is 4.42 Å². The van der Waals surface area contributed by atoms with Gasteiger partial charge in [-0.25, -0.2) is 0 Å². The molecule has 1 heteroatoms. The molecule has 49 heavy (non-hydrogen) atoms. The molecule has 1 heterocycles. The van der Waals surface area contributed by atoms with Gasteiger partial charge in [-0.15, -0.1) is 0 Å². The van der Waals surface area contributed by atoms with Crippen LogP contribution in [0.5, 0.6) is 0 Å². The second-order valence-corrected chi connectivity index (χ2v) is 11.5. The first-order chi connectivity index (χ1) is 31.4. The number of benzene rings is 9. The Kier molecular flexibility index (Phi) is 3.54. The fourth-order valence-corrected chi connectivity index (χ4v) is 6.80. The third-order valence-electron chi connectivity index (χ3n) is 8.84. The zero-order valence-electron chi connectivity index (χ0n) is 42.4. The summed E-state index contributed by atoms with van der Waals surface area (Å²) in [4.78, 5) is 0. The molecule has 0 unspecified atom stereocenters. The highest BCUT2D eigenvalue weighted by Gasteiger charge is 2.26. The van der Waals surface area contributed by atoms with Gasteiger partial charge in [-0.05, 0) is 65.8 Å². The zero-order valence-corrected chi connectivity index (χ0v) is 25.4. The average Bonchev–Trinajstić information content (AvgIpc) is 3.71. The van der Waals surface area contributed by atoms with Crippen LogP contribution in [0.1, 0.15) is 23.3 Å². The molecule has 0 saturated carbocycles. The molecule has 10 rings (SSSR count). The maximum atomic E-state index is 9.95. The van der Waals surface area contributed by atoms with Gasteiger partial charge in [0.1, 0.15) is 11.3 Å². The van der Waals surface area contributed by atoms with E-state index in [0.29, 0.717) is 16.7 Å². The first-order valence-electron chi connectivity index (χ1n) is 24.0. The van der Waals surface area contributed by atoms with E-state index in [-0.39, 0.29) is 76.7 Å². The third-order valence-corrected chi connectivity index (χ3v) is 8.84. The number of fused-ring (bicyclic) bond motifs is 6. The molecule has 0 amide bonds. The Hall–Kier alpha value is -6.44. The van der Waals surface area contributed by atoms with Crippen LogP contribution in [0.25, 0.3) is 98.8 Å². The average molecular weight is 640 g/mol. The summed E-state index contributed by atoms with van der Waals surface area (Å²) in [7, 11) is 0. The lowest BCUT2D eigenvalue weighted by molar-refractivity contribution is 0.634. The summed E-state index contributed by atoms with van der Waals surface area (Å²) >= 11 is 0. The van der Waals surface area contributed by atoms with E-state index in [1.54, 1.807) is 78.9 Å². The lowest BCUT2D eigenvalue weighted by Gasteiger charge is -2.18. The third kappa shape index (κ3) is 4.26. The van der Waals surface area contributed by atoms with Gasteiger partial charge in [0.25, 0.3) is 0 Å². The molecule has 1 nitrogen and oxygen atoms in total. The van der Waals surface area contributed by atoms with Crippen molar-refractivity contribution in [3.05, 3.63) is 182 Å². The van der Waals surface area contributed by atoms with Crippen molar-refractivity contribution >= 4 is 54.1 Å². The molecule has 0 fully saturated rings. The van der Waals surface area contributed by atoms with Crippen molar-refractivity contribution < 1.29 is 27.7 Å². The summed E-state index contributed by atoms with van der Waals surface area (Å²) < 4.78 is 162. The molecular formula is C48H30O. The molecule has 9 aromatic carbocycles. The number of rotatable bonds is 4. The zero-order chi connectivity index (χ0) is 47.1. The predicted octanol–water partition coefficient (Wildman–Crippen LogP) is 13.7. The summed E-state index contributed by atoms with van der Waals surface area (Å²) in [6.07, 6.45) is 0. The van der Waals surface area contributed by atoms with E-state index in [1.807, 2.05) is 0 Å². The smallest absolute Gasteiger partial charge is 0.143 e. The van der Waals surface area contributed by atoms with Crippen LogP contribution in [-0.2, 0) is 0 Å². The van der Waals surface area contributed by atoms with Gasteiger partial charge in [-0.1, -0.05) is 176 Å². The van der Waals surface area contributed by atoms with Crippen LogP contribution >= 0.6 is 0 Å². The van der Waals surface area contributed by atoms with Crippen molar-refractivity contribution in [1.29, 1.82) is 0 Å². The maximum Gasteiger partial charge on any atom is 0.143 e. The van der Waals surface area contributed by atoms with Gasteiger partial charge >= 0.3 is 0 Å². The summed E-state index contributed by atoms with van der Waals surface area (Å²) in [5.41, 5.74) is 1.08. The van der Waals surface area contributed by atoms with Crippen LogP contribution in [0.3, 0.4) is 0 Å². The summed E-state index contributed by atoms with van der Waals surface area (Å²) in [5, 5.41) is -1.82. The van der Waals surface area contributed by atoms with E-state index in [9.17, 15) is 9.60 Å². The van der Waals surface area contributed by atoms with Gasteiger partial charge in [0.2, 0.25) is 0 Å². The second kappa shape index (κ2) is 11.1. The van der Waals surface area contributed by atoms with E-state index in [0.717, 1.165) is 0 Å². The van der Waals surface area contributed by atoms with Gasteiger partial charge in [0.05, 0.1) is 23.3 Å². The molecule has 10 aromatic rings. The number of hydrogen-bond acceptors (Lipinski definition) is 1. The SMILES string of the molecule is [2H]c1c([2H])c([2H])c2c(-c3c(-c4c([2H])c5c([2H])c([2H])c([2H])c([2H])c5c5c([2H])c([2H])c([2H])c([2H])c45)oc4c(-c5ccccc5)cccc34)c3c([2H])c([2H])c([2H])c([2H])c3c(-c3ccccc3)c2c1[2H]. The minimum absolute atomic E-state index is 0.0742. The van der Waals surface area contributed by atoms with E-state index in [1.165, 1.54) is 0 Å². The lowest BCUT2D eigenvalue weighted by atomic mass is 9.84. The Balaban J connectivity index is 1.59. The van der Waals surface area contributed by atoms with Crippen molar-refractivity contribution in [3.8, 4) is 44.7 Å². The van der Waals surface area contributed by atoms with Crippen molar-refractivity contribution in [2.45, 2.75) is 0 Å². The van der Waals surface area contributed by atoms with Crippen LogP contribution in [0, 0.1) is 0 Å². The predicted molar refractivity (Wildman–Crippen MR) is 208 cm³/mol. The van der Waals surface area contributed by atoms with Crippen LogP contribution in [0.2, 0.25) is 0 Å². The Bertz CT molecular complexity index is 3750. The highest BCUT2D eigenvalue weighted by molar-refractivity contribution is 6.26. The molecule has 1 aromatic heterocycles. The molecule has 0 bridgehead atoms. The first-order valence-corrected chi connectivity index (χ1v) is 15.5. The molecule has 0 saturated heterocycles. The summed E-state index contributed by atoms with van der Waals surface area (Å²) in [5.74, 6) is -0.336. The highest BCUT2D eigenvalue weighted by atomic mass is 16.3. The molecular weight excluding hydrogens is 593 g/mol. The molecule has 0 aliphatic carbocycles. The minimum Gasteiger partial charge on any atom is -0.455 e. The van der Waals surface area contributed by atoms with Crippen molar-refractivity contribution in [3.63, 3.8) is 0 Å². The van der Waals surface area contributed by atoms with Crippen molar-refractivity contribution in [1.82, 2.24) is 0 Å². The molecule has 0 radical (unpaired) electrons. The molecule has 0 spiro atoms. The number of para-hydroxylation sites is 1. The fraction of sp³-hybridized carbons (Fsp3) is 0. The molecule has 0 atom stereocenters. The molecule has 228 valence electrons. The quantitative estimate of drug-likeness (QED) is 0.138. The summed E-state index contributed by atoms with van der Waals surface area (Å²) in [6, 6.07) is 11.4. The second-order valence-electron chi connectivity index (χ2n) is 11.5. The van der Waals surface area contributed by atoms with Crippen LogP contribution in [0.15, 0.2) is 186 Å². The molecule has 0 aliphatic heterocycles. The van der Waals surface area contributed by atoms with Gasteiger partial charge in [-0.3, -0.25) is 0 Å². The Morgan fingerprint density at radius 2 is 0.898 bits per heavy atom. The van der Waals surface area contributed by atoms with Crippen LogP contribution in [-0.4, -0.2) is 0 Å². The van der Waals surface area contributed by atoms with E-state index >= 15 is 0 Å². The fourth-order valence-electron chi connectivity index (χ4n) is 6.80. The van der Waals surface area contributed by atoms with Gasteiger partial charge in [-0.2, -0.15) is 0 Å². The highest BCUT2D eigenvalue weighted by Crippen LogP contribution is 2.52. The number of hydrogen-bond donors (Lipinski definition) is 0. The van der Waals surface area contributed by atoms with E-state index in [2.05, 4.69) is 0 Å². The Morgan fingerprint density at radius 3 is 1.55 bits per heavy atom. The Labute approximate surface area is 308 Å². The van der Waals surface area contributed by atoms with Gasteiger partial charge in [0, 0.05) is 27.6 Å². The Morgan fingerprint density at radius 1 is 0.367 bits per heavy atom. The topological polar surface area (TPSA) is 13.1 Å². The van der Waals surface area contributed by atoms with Crippen LogP contribution < -0.4 is 0 Å². The van der Waals surface area contributed by atoms with E-state index in [4.69, 9.17) is 18.1 Å². The van der Waals surface area contributed by atoms with Crippen molar-refractivity contribution in [2.24, 2.45) is 0 Å². The molecule has 0 aliphatic rings. The number of furan rings is 1. The first kappa shape index (κ1) is 15.6. The lowest BCUT2D eigenvalue weighted by Crippen LogP contribution is -1.92. The normalized spacial score (nSPS) is 16.5. The van der Waals surface area contributed by atoms with Gasteiger partial charge in [0.15, 0.2) is 0 Å². The monoisotopic (exact) mass is 639 g/mol. The van der Waals surface area contributed by atoms with E-state index < -0.39 is 108 Å². The molecule has 0 N–H and O–H groups in total. The largest absolute Gasteiger partial charge is 0.455 e.